The number of fused-ring (bicyclic) bond motifs is 2. The van der Waals surface area contributed by atoms with Crippen molar-refractivity contribution in [3.63, 3.8) is 0 Å². The fourth-order valence-corrected chi connectivity index (χ4v) is 3.68. The van der Waals surface area contributed by atoms with Gasteiger partial charge >= 0.3 is 5.97 Å². The Morgan fingerprint density at radius 3 is 2.46 bits per heavy atom. The first-order valence-electron chi connectivity index (χ1n) is 7.93. The summed E-state index contributed by atoms with van der Waals surface area (Å²) in [7, 11) is 0. The molecule has 0 aliphatic carbocycles. The summed E-state index contributed by atoms with van der Waals surface area (Å²) < 4.78 is 5.46. The number of amides is 2. The van der Waals surface area contributed by atoms with Crippen LogP contribution >= 0.6 is 0 Å². The van der Waals surface area contributed by atoms with Crippen molar-refractivity contribution in [2.45, 2.75) is 31.0 Å². The van der Waals surface area contributed by atoms with Crippen LogP contribution in [0.3, 0.4) is 0 Å². The molecule has 0 radical (unpaired) electrons. The van der Waals surface area contributed by atoms with Gasteiger partial charge in [0.15, 0.2) is 5.78 Å². The molecule has 0 spiro atoms. The van der Waals surface area contributed by atoms with Crippen molar-refractivity contribution in [2.24, 2.45) is 0 Å². The van der Waals surface area contributed by atoms with Gasteiger partial charge in [-0.15, -0.1) is 0 Å². The number of carbonyl (C=O) groups excluding carboxylic acids is 4. The molecule has 2 amide bonds. The van der Waals surface area contributed by atoms with Gasteiger partial charge in [-0.25, -0.2) is 4.79 Å². The van der Waals surface area contributed by atoms with Crippen LogP contribution in [0.4, 0.5) is 0 Å². The third-order valence-electron chi connectivity index (χ3n) is 4.83. The minimum absolute atomic E-state index is 0.00799. The molecule has 0 N–H and O–H groups in total. The van der Waals surface area contributed by atoms with E-state index < -0.39 is 24.2 Å². The van der Waals surface area contributed by atoms with Crippen LogP contribution in [0.1, 0.15) is 23.2 Å². The van der Waals surface area contributed by atoms with Gasteiger partial charge in [0.1, 0.15) is 18.2 Å². The number of piperazine rings is 1. The zero-order valence-corrected chi connectivity index (χ0v) is 12.9. The van der Waals surface area contributed by atoms with E-state index in [2.05, 4.69) is 0 Å². The quantitative estimate of drug-likeness (QED) is 0.713. The van der Waals surface area contributed by atoms with Gasteiger partial charge < -0.3 is 14.5 Å². The fraction of sp³-hybridized carbons (Fsp3) is 0.412. The summed E-state index contributed by atoms with van der Waals surface area (Å²) in [6, 6.07) is 7.29. The maximum absolute atomic E-state index is 12.5. The maximum Gasteiger partial charge on any atom is 0.338 e. The molecule has 3 heterocycles. The van der Waals surface area contributed by atoms with Crippen molar-refractivity contribution >= 4 is 23.6 Å². The Morgan fingerprint density at radius 1 is 1.00 bits per heavy atom. The molecule has 3 fully saturated rings. The van der Waals surface area contributed by atoms with Crippen molar-refractivity contribution in [1.29, 1.82) is 0 Å². The molecule has 3 aliphatic rings. The molecule has 3 aliphatic heterocycles. The molecule has 3 saturated heterocycles. The van der Waals surface area contributed by atoms with E-state index in [0.717, 1.165) is 0 Å². The zero-order valence-electron chi connectivity index (χ0n) is 12.9. The molecule has 1 aromatic carbocycles. The number of hydrogen-bond acceptors (Lipinski definition) is 5. The van der Waals surface area contributed by atoms with Crippen molar-refractivity contribution in [3.05, 3.63) is 35.9 Å². The van der Waals surface area contributed by atoms with Gasteiger partial charge in [0.2, 0.25) is 11.8 Å². The van der Waals surface area contributed by atoms with E-state index in [4.69, 9.17) is 4.74 Å². The van der Waals surface area contributed by atoms with Gasteiger partial charge in [-0.05, 0) is 12.1 Å². The van der Waals surface area contributed by atoms with Crippen molar-refractivity contribution in [2.75, 3.05) is 13.1 Å². The highest BCUT2D eigenvalue weighted by Gasteiger charge is 2.54. The average Bonchev–Trinajstić information content (AvgIpc) is 3.17. The largest absolute Gasteiger partial charge is 0.457 e. The van der Waals surface area contributed by atoms with E-state index in [-0.39, 0.29) is 43.5 Å². The van der Waals surface area contributed by atoms with Crippen molar-refractivity contribution < 1.29 is 23.9 Å². The number of benzene rings is 1. The smallest absolute Gasteiger partial charge is 0.338 e. The van der Waals surface area contributed by atoms with Gasteiger partial charge in [0.05, 0.1) is 18.7 Å². The van der Waals surface area contributed by atoms with Crippen LogP contribution in [0.5, 0.6) is 0 Å². The predicted molar refractivity (Wildman–Crippen MR) is 80.9 cm³/mol. The lowest BCUT2D eigenvalue weighted by Crippen LogP contribution is -2.60. The molecule has 3 atom stereocenters. The van der Waals surface area contributed by atoms with Crippen molar-refractivity contribution in [1.82, 2.24) is 9.80 Å². The molecule has 7 nitrogen and oxygen atoms in total. The standard InChI is InChI=1S/C17H16N2O5/c20-11-6-13-15(21)19-9-12(7-14(19)16(22)18(13)8-11)24-17(23)10-4-2-1-3-5-10/h1-5,12-14H,6-9H2/t12-,13-,14-/m0/s1. The van der Waals surface area contributed by atoms with Gasteiger partial charge in [0.25, 0.3) is 0 Å². The number of hydrogen-bond donors (Lipinski definition) is 0. The second-order valence-electron chi connectivity index (χ2n) is 6.36. The number of carbonyl (C=O) groups is 4. The van der Waals surface area contributed by atoms with Crippen LogP contribution < -0.4 is 0 Å². The fourth-order valence-electron chi connectivity index (χ4n) is 3.68. The molecule has 4 rings (SSSR count). The molecule has 0 bridgehead atoms. The first-order valence-corrected chi connectivity index (χ1v) is 7.93. The van der Waals surface area contributed by atoms with E-state index in [1.807, 2.05) is 0 Å². The summed E-state index contributed by atoms with van der Waals surface area (Å²) >= 11 is 0. The topological polar surface area (TPSA) is 84.0 Å². The van der Waals surface area contributed by atoms with Crippen LogP contribution in [0.2, 0.25) is 0 Å². The van der Waals surface area contributed by atoms with Gasteiger partial charge in [-0.1, -0.05) is 18.2 Å². The van der Waals surface area contributed by atoms with Crippen LogP contribution in [-0.4, -0.2) is 64.6 Å². The van der Waals surface area contributed by atoms with Gasteiger partial charge in [0, 0.05) is 12.8 Å². The highest BCUT2D eigenvalue weighted by Crippen LogP contribution is 2.32. The minimum Gasteiger partial charge on any atom is -0.457 e. The highest BCUT2D eigenvalue weighted by atomic mass is 16.5. The Hall–Kier alpha value is -2.70. The number of ether oxygens (including phenoxy) is 1. The van der Waals surface area contributed by atoms with Gasteiger partial charge in [-0.3, -0.25) is 14.4 Å². The second kappa shape index (κ2) is 5.43. The number of nitrogens with zero attached hydrogens (tertiary/aromatic N) is 2. The van der Waals surface area contributed by atoms with Crippen LogP contribution in [0, 0.1) is 0 Å². The lowest BCUT2D eigenvalue weighted by atomic mass is 10.1. The Labute approximate surface area is 138 Å². The Kier molecular flexibility index (Phi) is 3.37. The molecule has 0 aromatic heterocycles. The minimum atomic E-state index is -0.676. The Morgan fingerprint density at radius 2 is 1.71 bits per heavy atom. The maximum atomic E-state index is 12.5. The van der Waals surface area contributed by atoms with Crippen molar-refractivity contribution in [3.8, 4) is 0 Å². The summed E-state index contributed by atoms with van der Waals surface area (Å²) in [4.78, 5) is 51.6. The molecule has 0 saturated carbocycles. The van der Waals surface area contributed by atoms with E-state index in [0.29, 0.717) is 5.56 Å². The third kappa shape index (κ3) is 2.28. The highest BCUT2D eigenvalue weighted by molar-refractivity contribution is 6.04. The summed E-state index contributed by atoms with van der Waals surface area (Å²) in [5.74, 6) is -0.988. The number of esters is 1. The molecule has 0 unspecified atom stereocenters. The lowest BCUT2D eigenvalue weighted by Gasteiger charge is -2.37. The van der Waals surface area contributed by atoms with E-state index in [9.17, 15) is 19.2 Å². The molecule has 24 heavy (non-hydrogen) atoms. The number of Topliss-reactive ketones (excluding diaryl/α,β-unsaturated/α-hetero) is 1. The number of rotatable bonds is 2. The summed E-state index contributed by atoms with van der Waals surface area (Å²) in [5, 5.41) is 0. The molecule has 7 heteroatoms. The Balaban J connectivity index is 1.48. The lowest BCUT2D eigenvalue weighted by molar-refractivity contribution is -0.157. The van der Waals surface area contributed by atoms with E-state index in [1.165, 1.54) is 9.80 Å². The third-order valence-corrected chi connectivity index (χ3v) is 4.83. The zero-order chi connectivity index (χ0) is 16.8. The first kappa shape index (κ1) is 14.9. The number of ketones is 1. The van der Waals surface area contributed by atoms with Crippen LogP contribution in [0.25, 0.3) is 0 Å². The summed E-state index contributed by atoms with van der Waals surface area (Å²) in [6.45, 7) is 0.209. The SMILES string of the molecule is O=C1C[C@H]2C(=O)N3C[C@@H](OC(=O)c4ccccc4)C[C@H]3C(=O)N2C1. The van der Waals surface area contributed by atoms with E-state index in [1.54, 1.807) is 30.3 Å². The first-order chi connectivity index (χ1) is 11.5. The molecular weight excluding hydrogens is 312 g/mol. The monoisotopic (exact) mass is 328 g/mol. The van der Waals surface area contributed by atoms with E-state index >= 15 is 0 Å². The molecule has 1 aromatic rings. The van der Waals surface area contributed by atoms with Gasteiger partial charge in [-0.2, -0.15) is 0 Å². The molecule has 124 valence electrons. The predicted octanol–water partition coefficient (Wildman–Crippen LogP) is -0.00350. The summed E-state index contributed by atoms with van der Waals surface area (Å²) in [6.07, 6.45) is -0.144. The average molecular weight is 328 g/mol. The molecular formula is C17H16N2O5. The summed E-state index contributed by atoms with van der Waals surface area (Å²) in [5.41, 5.74) is 0.436. The second-order valence-corrected chi connectivity index (χ2v) is 6.36. The normalized spacial score (nSPS) is 28.8. The Bertz CT molecular complexity index is 698. The van der Waals surface area contributed by atoms with Crippen LogP contribution in [-0.2, 0) is 19.1 Å². The van der Waals surface area contributed by atoms with Crippen LogP contribution in [0.15, 0.2) is 30.3 Å².